The zero-order chi connectivity index (χ0) is 21.2. The van der Waals surface area contributed by atoms with Crippen molar-refractivity contribution < 1.29 is 20.4 Å². The van der Waals surface area contributed by atoms with E-state index in [9.17, 15) is 15.3 Å². The minimum absolute atomic E-state index is 0.0130. The molecule has 1 heterocycles. The molecule has 0 saturated heterocycles. The number of hydrogen-bond acceptors (Lipinski definition) is 5. The van der Waals surface area contributed by atoms with Gasteiger partial charge >= 0.3 is 0 Å². The quantitative estimate of drug-likeness (QED) is 0.303. The number of hydrogen-bond donors (Lipinski definition) is 4. The first-order valence-electron chi connectivity index (χ1n) is 10.9. The molecule has 0 bridgehead atoms. The summed E-state index contributed by atoms with van der Waals surface area (Å²) in [6.45, 7) is 4.37. The van der Waals surface area contributed by atoms with E-state index >= 15 is 0 Å². The van der Waals surface area contributed by atoms with E-state index in [1.165, 1.54) is 9.75 Å². The molecular weight excluding hydrogens is 384 g/mol. The fourth-order valence-electron chi connectivity index (χ4n) is 4.02. The molecule has 5 heteroatoms. The van der Waals surface area contributed by atoms with Crippen LogP contribution in [-0.2, 0) is 6.42 Å². The highest BCUT2D eigenvalue weighted by molar-refractivity contribution is 7.11. The Morgan fingerprint density at radius 3 is 2.66 bits per heavy atom. The van der Waals surface area contributed by atoms with Gasteiger partial charge in [0, 0.05) is 28.7 Å². The van der Waals surface area contributed by atoms with Crippen molar-refractivity contribution in [1.82, 2.24) is 0 Å². The van der Waals surface area contributed by atoms with E-state index in [2.05, 4.69) is 31.2 Å². The van der Waals surface area contributed by atoms with Crippen molar-refractivity contribution in [2.45, 2.75) is 77.1 Å². The lowest BCUT2D eigenvalue weighted by Gasteiger charge is -2.19. The Kier molecular flexibility index (Phi) is 10.6. The SMILES string of the molecule is Cc1ccc(CCC(O)/C=C/C2C(O)CC(O)C2C/C=C/CCCC(C)CO)s1. The van der Waals surface area contributed by atoms with Crippen LogP contribution in [0.25, 0.3) is 0 Å². The van der Waals surface area contributed by atoms with E-state index in [0.29, 0.717) is 18.8 Å². The lowest BCUT2D eigenvalue weighted by Crippen LogP contribution is -2.20. The predicted molar refractivity (Wildman–Crippen MR) is 120 cm³/mol. The Labute approximate surface area is 179 Å². The number of aliphatic hydroxyl groups excluding tert-OH is 4. The normalized spacial score (nSPS) is 27.2. The molecule has 1 fully saturated rings. The smallest absolute Gasteiger partial charge is 0.0724 e. The second-order valence-corrected chi connectivity index (χ2v) is 9.91. The molecule has 2 rings (SSSR count). The van der Waals surface area contributed by atoms with Gasteiger partial charge in [-0.05, 0) is 69.4 Å². The zero-order valence-corrected chi connectivity index (χ0v) is 18.6. The average molecular weight is 423 g/mol. The van der Waals surface area contributed by atoms with E-state index < -0.39 is 18.3 Å². The standard InChI is InChI=1S/C24H38O4S/c1-17(16-25)7-5-3-4-6-8-21-22(24(28)15-23(21)27)14-11-19(26)10-13-20-12-9-18(2)29-20/h4,6,9,11-12,14,17,19,21-28H,3,5,7-8,10,13,15-16H2,1-2H3/b6-4+,14-11+. The molecule has 1 aliphatic carbocycles. The van der Waals surface area contributed by atoms with Crippen LogP contribution in [0.4, 0.5) is 0 Å². The Bertz CT molecular complexity index is 639. The Balaban J connectivity index is 1.79. The zero-order valence-electron chi connectivity index (χ0n) is 17.8. The summed E-state index contributed by atoms with van der Waals surface area (Å²) in [5, 5.41) is 40.0. The van der Waals surface area contributed by atoms with Crippen molar-refractivity contribution in [3.8, 4) is 0 Å². The largest absolute Gasteiger partial charge is 0.396 e. The van der Waals surface area contributed by atoms with Crippen molar-refractivity contribution in [1.29, 1.82) is 0 Å². The highest BCUT2D eigenvalue weighted by atomic mass is 32.1. The first-order valence-corrected chi connectivity index (χ1v) is 11.8. The van der Waals surface area contributed by atoms with Gasteiger partial charge in [0.25, 0.3) is 0 Å². The summed E-state index contributed by atoms with van der Waals surface area (Å²) in [6, 6.07) is 4.21. The maximum Gasteiger partial charge on any atom is 0.0724 e. The van der Waals surface area contributed by atoms with Gasteiger partial charge in [0.2, 0.25) is 0 Å². The van der Waals surface area contributed by atoms with Gasteiger partial charge < -0.3 is 20.4 Å². The van der Waals surface area contributed by atoms with Crippen LogP contribution < -0.4 is 0 Å². The predicted octanol–water partition coefficient (Wildman–Crippen LogP) is 4.01. The molecule has 29 heavy (non-hydrogen) atoms. The van der Waals surface area contributed by atoms with Crippen LogP contribution in [0.5, 0.6) is 0 Å². The van der Waals surface area contributed by atoms with Crippen molar-refractivity contribution in [2.75, 3.05) is 6.61 Å². The van der Waals surface area contributed by atoms with Gasteiger partial charge in [-0.25, -0.2) is 0 Å². The van der Waals surface area contributed by atoms with Gasteiger partial charge in [0.1, 0.15) is 0 Å². The van der Waals surface area contributed by atoms with Crippen LogP contribution in [0.3, 0.4) is 0 Å². The first kappa shape index (κ1) is 24.3. The minimum atomic E-state index is -0.558. The molecule has 1 saturated carbocycles. The molecule has 6 unspecified atom stereocenters. The maximum atomic E-state index is 10.3. The summed E-state index contributed by atoms with van der Waals surface area (Å²) in [4.78, 5) is 2.56. The van der Waals surface area contributed by atoms with Crippen molar-refractivity contribution >= 4 is 11.3 Å². The fraction of sp³-hybridized carbons (Fsp3) is 0.667. The summed E-state index contributed by atoms with van der Waals surface area (Å²) in [5.74, 6) is 0.212. The van der Waals surface area contributed by atoms with E-state index in [-0.39, 0.29) is 18.4 Å². The Hall–Kier alpha value is -0.980. The molecular formula is C24H38O4S. The lowest BCUT2D eigenvalue weighted by atomic mass is 9.89. The summed E-state index contributed by atoms with van der Waals surface area (Å²) < 4.78 is 0. The summed E-state index contributed by atoms with van der Waals surface area (Å²) in [5.41, 5.74) is 0. The average Bonchev–Trinajstić information content (AvgIpc) is 3.23. The summed E-state index contributed by atoms with van der Waals surface area (Å²) >= 11 is 1.76. The number of thiophene rings is 1. The summed E-state index contributed by atoms with van der Waals surface area (Å²) in [6.07, 6.45) is 12.0. The molecule has 0 aromatic carbocycles. The van der Waals surface area contributed by atoms with Crippen LogP contribution in [0, 0.1) is 24.7 Å². The molecule has 164 valence electrons. The molecule has 1 aromatic rings. The molecule has 1 aromatic heterocycles. The topological polar surface area (TPSA) is 80.9 Å². The number of aryl methyl sites for hydroxylation is 2. The highest BCUT2D eigenvalue weighted by Gasteiger charge is 2.39. The summed E-state index contributed by atoms with van der Waals surface area (Å²) in [7, 11) is 0. The van der Waals surface area contributed by atoms with Crippen LogP contribution >= 0.6 is 11.3 Å². The van der Waals surface area contributed by atoms with Crippen LogP contribution in [0.15, 0.2) is 36.4 Å². The van der Waals surface area contributed by atoms with Crippen LogP contribution in [0.1, 0.15) is 55.2 Å². The van der Waals surface area contributed by atoms with Gasteiger partial charge in [-0.1, -0.05) is 31.2 Å². The number of unbranched alkanes of at least 4 members (excludes halogenated alkanes) is 1. The monoisotopic (exact) mass is 422 g/mol. The third-order valence-corrected chi connectivity index (χ3v) is 6.97. The third kappa shape index (κ3) is 8.35. The molecule has 0 amide bonds. The van der Waals surface area contributed by atoms with Crippen molar-refractivity contribution in [3.63, 3.8) is 0 Å². The van der Waals surface area contributed by atoms with Gasteiger partial charge in [-0.15, -0.1) is 11.3 Å². The lowest BCUT2D eigenvalue weighted by molar-refractivity contribution is 0.120. The van der Waals surface area contributed by atoms with E-state index in [1.54, 1.807) is 17.4 Å². The van der Waals surface area contributed by atoms with Crippen LogP contribution in [0.2, 0.25) is 0 Å². The number of allylic oxidation sites excluding steroid dienone is 2. The van der Waals surface area contributed by atoms with E-state index in [0.717, 1.165) is 32.1 Å². The van der Waals surface area contributed by atoms with Crippen LogP contribution in [-0.4, -0.2) is 45.3 Å². The first-order chi connectivity index (χ1) is 13.9. The van der Waals surface area contributed by atoms with E-state index in [1.807, 2.05) is 13.0 Å². The van der Waals surface area contributed by atoms with E-state index in [4.69, 9.17) is 5.11 Å². The molecule has 0 radical (unpaired) electrons. The highest BCUT2D eigenvalue weighted by Crippen LogP contribution is 2.36. The fourth-order valence-corrected chi connectivity index (χ4v) is 4.92. The van der Waals surface area contributed by atoms with Gasteiger partial charge in [0.15, 0.2) is 0 Å². The molecule has 0 aliphatic heterocycles. The molecule has 0 spiro atoms. The van der Waals surface area contributed by atoms with Crippen molar-refractivity contribution in [3.05, 3.63) is 46.2 Å². The second-order valence-electron chi connectivity index (χ2n) is 8.54. The Morgan fingerprint density at radius 1 is 1.17 bits per heavy atom. The van der Waals surface area contributed by atoms with Gasteiger partial charge in [-0.2, -0.15) is 0 Å². The molecule has 4 nitrogen and oxygen atoms in total. The third-order valence-electron chi connectivity index (χ3n) is 5.91. The van der Waals surface area contributed by atoms with Gasteiger partial charge in [-0.3, -0.25) is 0 Å². The van der Waals surface area contributed by atoms with Gasteiger partial charge in [0.05, 0.1) is 18.3 Å². The molecule has 4 N–H and O–H groups in total. The molecule has 1 aliphatic rings. The second kappa shape index (κ2) is 12.7. The number of aliphatic hydroxyl groups is 4. The van der Waals surface area contributed by atoms with Crippen molar-refractivity contribution in [2.24, 2.45) is 17.8 Å². The number of rotatable bonds is 12. The molecule has 6 atom stereocenters. The maximum absolute atomic E-state index is 10.3. The minimum Gasteiger partial charge on any atom is -0.396 e. The Morgan fingerprint density at radius 2 is 1.97 bits per heavy atom.